The Balaban J connectivity index is 2.28. The van der Waals surface area contributed by atoms with Crippen LogP contribution in [0.5, 0.6) is 0 Å². The fourth-order valence-electron chi connectivity index (χ4n) is 2.36. The summed E-state index contributed by atoms with van der Waals surface area (Å²) in [4.78, 5) is 0. The highest BCUT2D eigenvalue weighted by atomic mass is 35.5. The van der Waals surface area contributed by atoms with Crippen LogP contribution in [-0.2, 0) is 20.0 Å². The Morgan fingerprint density at radius 2 is 2.00 bits per heavy atom. The molecule has 0 aliphatic rings. The SMILES string of the molecule is CCn1nc(C)c(Cl)c1CC(N)c1cn(C)nc1C. The Morgan fingerprint density at radius 3 is 2.53 bits per heavy atom. The van der Waals surface area contributed by atoms with Gasteiger partial charge in [-0.25, -0.2) is 0 Å². The zero-order chi connectivity index (χ0) is 14.2. The lowest BCUT2D eigenvalue weighted by Crippen LogP contribution is -2.16. The fourth-order valence-corrected chi connectivity index (χ4v) is 2.58. The summed E-state index contributed by atoms with van der Waals surface area (Å²) in [7, 11) is 1.90. The van der Waals surface area contributed by atoms with Crippen LogP contribution < -0.4 is 5.73 Å². The molecule has 0 aliphatic carbocycles. The van der Waals surface area contributed by atoms with Crippen LogP contribution in [0.4, 0.5) is 0 Å². The molecule has 19 heavy (non-hydrogen) atoms. The number of halogens is 1. The maximum absolute atomic E-state index is 6.31. The molecule has 0 bridgehead atoms. The molecule has 2 rings (SSSR count). The van der Waals surface area contributed by atoms with Gasteiger partial charge in [-0.1, -0.05) is 11.6 Å². The minimum Gasteiger partial charge on any atom is -0.324 e. The van der Waals surface area contributed by atoms with Gasteiger partial charge in [0.05, 0.1) is 22.1 Å². The summed E-state index contributed by atoms with van der Waals surface area (Å²) in [5.74, 6) is 0. The number of aromatic nitrogens is 4. The average Bonchev–Trinajstić information content (AvgIpc) is 2.83. The Morgan fingerprint density at radius 1 is 1.32 bits per heavy atom. The van der Waals surface area contributed by atoms with E-state index in [-0.39, 0.29) is 6.04 Å². The Labute approximate surface area is 118 Å². The second-order valence-electron chi connectivity index (χ2n) is 4.82. The van der Waals surface area contributed by atoms with Crippen LogP contribution in [0, 0.1) is 13.8 Å². The van der Waals surface area contributed by atoms with E-state index in [0.29, 0.717) is 6.42 Å². The quantitative estimate of drug-likeness (QED) is 0.934. The highest BCUT2D eigenvalue weighted by molar-refractivity contribution is 6.31. The summed E-state index contributed by atoms with van der Waals surface area (Å²) < 4.78 is 3.71. The van der Waals surface area contributed by atoms with E-state index >= 15 is 0 Å². The van der Waals surface area contributed by atoms with E-state index in [1.54, 1.807) is 4.68 Å². The lowest BCUT2D eigenvalue weighted by molar-refractivity contribution is 0.586. The fraction of sp³-hybridized carbons (Fsp3) is 0.538. The lowest BCUT2D eigenvalue weighted by atomic mass is 10.0. The predicted molar refractivity (Wildman–Crippen MR) is 76.2 cm³/mol. The van der Waals surface area contributed by atoms with Crippen LogP contribution in [-0.4, -0.2) is 19.6 Å². The highest BCUT2D eigenvalue weighted by Crippen LogP contribution is 2.26. The summed E-state index contributed by atoms with van der Waals surface area (Å²) in [6.07, 6.45) is 2.63. The van der Waals surface area contributed by atoms with Gasteiger partial charge < -0.3 is 5.73 Å². The first-order valence-corrected chi connectivity index (χ1v) is 6.79. The van der Waals surface area contributed by atoms with Gasteiger partial charge in [-0.3, -0.25) is 9.36 Å². The maximum atomic E-state index is 6.31. The highest BCUT2D eigenvalue weighted by Gasteiger charge is 2.19. The van der Waals surface area contributed by atoms with Gasteiger partial charge in [0.15, 0.2) is 0 Å². The van der Waals surface area contributed by atoms with E-state index in [4.69, 9.17) is 17.3 Å². The van der Waals surface area contributed by atoms with Crippen LogP contribution in [0.2, 0.25) is 5.02 Å². The zero-order valence-corrected chi connectivity index (χ0v) is 12.6. The Bertz CT molecular complexity index is 584. The minimum absolute atomic E-state index is 0.118. The predicted octanol–water partition coefficient (Wildman–Crippen LogP) is 2.15. The molecule has 0 radical (unpaired) electrons. The van der Waals surface area contributed by atoms with Crippen molar-refractivity contribution < 1.29 is 0 Å². The first-order valence-electron chi connectivity index (χ1n) is 6.41. The number of rotatable bonds is 4. The van der Waals surface area contributed by atoms with Crippen molar-refractivity contribution in [2.24, 2.45) is 12.8 Å². The second kappa shape index (κ2) is 5.35. The molecule has 0 aromatic carbocycles. The largest absolute Gasteiger partial charge is 0.324 e. The molecular weight excluding hydrogens is 262 g/mol. The van der Waals surface area contributed by atoms with Gasteiger partial charge in [0.1, 0.15) is 0 Å². The molecule has 5 nitrogen and oxygen atoms in total. The molecule has 0 saturated heterocycles. The maximum Gasteiger partial charge on any atom is 0.0847 e. The van der Waals surface area contributed by atoms with Gasteiger partial charge in [-0.2, -0.15) is 10.2 Å². The molecule has 1 unspecified atom stereocenters. The van der Waals surface area contributed by atoms with E-state index in [1.165, 1.54) is 0 Å². The van der Waals surface area contributed by atoms with E-state index in [2.05, 4.69) is 10.2 Å². The summed E-state index contributed by atoms with van der Waals surface area (Å²) in [5, 5.41) is 9.46. The van der Waals surface area contributed by atoms with Gasteiger partial charge in [-0.15, -0.1) is 0 Å². The molecule has 6 heteroatoms. The second-order valence-corrected chi connectivity index (χ2v) is 5.19. The molecule has 2 aromatic heterocycles. The van der Waals surface area contributed by atoms with Crippen LogP contribution in [0.1, 0.15) is 35.6 Å². The molecule has 2 N–H and O–H groups in total. The van der Waals surface area contributed by atoms with Crippen molar-refractivity contribution in [3.8, 4) is 0 Å². The van der Waals surface area contributed by atoms with E-state index in [1.807, 2.05) is 38.7 Å². The third-order valence-electron chi connectivity index (χ3n) is 3.32. The smallest absolute Gasteiger partial charge is 0.0847 e. The number of hydrogen-bond donors (Lipinski definition) is 1. The van der Waals surface area contributed by atoms with Crippen LogP contribution in [0.15, 0.2) is 6.20 Å². The summed E-state index contributed by atoms with van der Waals surface area (Å²) in [6.45, 7) is 6.73. The summed E-state index contributed by atoms with van der Waals surface area (Å²) in [6, 6.07) is -0.118. The van der Waals surface area contributed by atoms with E-state index in [0.717, 1.165) is 34.2 Å². The number of hydrogen-bond acceptors (Lipinski definition) is 3. The normalized spacial score (nSPS) is 12.9. The molecule has 0 amide bonds. The third kappa shape index (κ3) is 2.67. The van der Waals surface area contributed by atoms with E-state index < -0.39 is 0 Å². The van der Waals surface area contributed by atoms with Crippen LogP contribution in [0.3, 0.4) is 0 Å². The van der Waals surface area contributed by atoms with Gasteiger partial charge in [0, 0.05) is 37.8 Å². The molecule has 1 atom stereocenters. The molecule has 2 heterocycles. The Hall–Kier alpha value is -1.33. The lowest BCUT2D eigenvalue weighted by Gasteiger charge is -2.12. The van der Waals surface area contributed by atoms with Crippen molar-refractivity contribution in [2.75, 3.05) is 0 Å². The monoisotopic (exact) mass is 281 g/mol. The molecule has 0 fully saturated rings. The van der Waals surface area contributed by atoms with Gasteiger partial charge in [0.2, 0.25) is 0 Å². The third-order valence-corrected chi connectivity index (χ3v) is 3.81. The molecule has 2 aromatic rings. The first kappa shape index (κ1) is 14.1. The van der Waals surface area contributed by atoms with Crippen LogP contribution in [0.25, 0.3) is 0 Å². The van der Waals surface area contributed by atoms with Crippen molar-refractivity contribution in [2.45, 2.75) is 39.8 Å². The average molecular weight is 282 g/mol. The summed E-state index contributed by atoms with van der Waals surface area (Å²) >= 11 is 6.31. The molecule has 104 valence electrons. The molecular formula is C13H20ClN5. The van der Waals surface area contributed by atoms with Crippen molar-refractivity contribution in [1.29, 1.82) is 0 Å². The van der Waals surface area contributed by atoms with Crippen LogP contribution >= 0.6 is 11.6 Å². The first-order chi connectivity index (χ1) is 8.93. The molecule has 0 saturated carbocycles. The molecule has 0 aliphatic heterocycles. The van der Waals surface area contributed by atoms with Gasteiger partial charge in [-0.05, 0) is 20.8 Å². The number of nitrogens with two attached hydrogens (primary N) is 1. The topological polar surface area (TPSA) is 61.7 Å². The molecule has 0 spiro atoms. The van der Waals surface area contributed by atoms with Gasteiger partial charge in [0.25, 0.3) is 0 Å². The minimum atomic E-state index is -0.118. The Kier molecular flexibility index (Phi) is 3.96. The summed E-state index contributed by atoms with van der Waals surface area (Å²) in [5.41, 5.74) is 10.2. The number of nitrogens with zero attached hydrogens (tertiary/aromatic N) is 4. The standard InChI is InChI=1S/C13H20ClN5/c1-5-19-12(13(14)9(3)17-19)6-11(15)10-7-18(4)16-8(10)2/h7,11H,5-6,15H2,1-4H3. The van der Waals surface area contributed by atoms with Crippen molar-refractivity contribution in [1.82, 2.24) is 19.6 Å². The number of aryl methyl sites for hydroxylation is 4. The van der Waals surface area contributed by atoms with E-state index in [9.17, 15) is 0 Å². The van der Waals surface area contributed by atoms with Crippen molar-refractivity contribution in [3.63, 3.8) is 0 Å². The van der Waals surface area contributed by atoms with Crippen molar-refractivity contribution in [3.05, 3.63) is 33.9 Å². The van der Waals surface area contributed by atoms with Crippen molar-refractivity contribution >= 4 is 11.6 Å². The van der Waals surface area contributed by atoms with Gasteiger partial charge >= 0.3 is 0 Å². The zero-order valence-electron chi connectivity index (χ0n) is 11.8.